The quantitative estimate of drug-likeness (QED) is 0.345. The number of benzene rings is 3. The summed E-state index contributed by atoms with van der Waals surface area (Å²) in [6.45, 7) is 1.99. The Morgan fingerprint density at radius 3 is 2.21 bits per heavy atom. The van der Waals surface area contributed by atoms with Gasteiger partial charge in [0, 0.05) is 23.9 Å². The van der Waals surface area contributed by atoms with Gasteiger partial charge in [0.05, 0.1) is 32.6 Å². The van der Waals surface area contributed by atoms with Gasteiger partial charge in [-0.25, -0.2) is 18.0 Å². The van der Waals surface area contributed by atoms with E-state index < -0.39 is 15.7 Å². The average molecular weight is 496 g/mol. The highest BCUT2D eigenvalue weighted by Crippen LogP contribution is 2.37. The SMILES string of the molecule is Cc1ccc(Sc2cc3c(cc2NS(=O)(=O)c2ccc4[nH]c(=O)[nH]c4c2)n(C)c(=O)n3C)cc1. The standard InChI is InChI=1S/C23H21N5O4S2/c1-13-4-6-14(7-5-13)33-21-12-20-19(27(2)23(30)28(20)3)11-18(21)26-34(31,32)15-8-9-16-17(10-15)25-22(29)24-16/h4-12,26H,1-3H3,(H2,24,25,29). The molecule has 11 heteroatoms. The molecule has 2 aromatic heterocycles. The molecule has 0 spiro atoms. The second-order valence-corrected chi connectivity index (χ2v) is 10.8. The first-order valence-corrected chi connectivity index (χ1v) is 12.6. The van der Waals surface area contributed by atoms with Gasteiger partial charge in [0.25, 0.3) is 10.0 Å². The minimum atomic E-state index is -4.00. The molecule has 0 fully saturated rings. The molecule has 0 aliphatic rings. The van der Waals surface area contributed by atoms with Crippen LogP contribution in [0.3, 0.4) is 0 Å². The van der Waals surface area contributed by atoms with Crippen LogP contribution in [0.5, 0.6) is 0 Å². The Hall–Kier alpha value is -3.70. The van der Waals surface area contributed by atoms with Crippen molar-refractivity contribution in [3.63, 3.8) is 0 Å². The summed E-state index contributed by atoms with van der Waals surface area (Å²) in [6, 6.07) is 15.7. The predicted molar refractivity (Wildman–Crippen MR) is 133 cm³/mol. The van der Waals surface area contributed by atoms with Gasteiger partial charge in [0.1, 0.15) is 0 Å². The van der Waals surface area contributed by atoms with E-state index in [4.69, 9.17) is 0 Å². The molecular formula is C23H21N5O4S2. The van der Waals surface area contributed by atoms with E-state index in [1.54, 1.807) is 20.2 Å². The molecule has 34 heavy (non-hydrogen) atoms. The van der Waals surface area contributed by atoms with Gasteiger partial charge in [-0.05, 0) is 49.4 Å². The zero-order chi connectivity index (χ0) is 24.2. The van der Waals surface area contributed by atoms with Crippen LogP contribution in [0.25, 0.3) is 22.1 Å². The number of imidazole rings is 2. The first kappa shape index (κ1) is 22.1. The van der Waals surface area contributed by atoms with Crippen molar-refractivity contribution in [2.75, 3.05) is 4.72 Å². The monoisotopic (exact) mass is 495 g/mol. The Labute approximate surface area is 198 Å². The molecule has 0 saturated heterocycles. The molecular weight excluding hydrogens is 474 g/mol. The minimum Gasteiger partial charge on any atom is -0.306 e. The Balaban J connectivity index is 1.63. The molecule has 3 N–H and O–H groups in total. The number of hydrogen-bond donors (Lipinski definition) is 3. The third-order valence-electron chi connectivity index (χ3n) is 5.66. The van der Waals surface area contributed by atoms with E-state index in [2.05, 4.69) is 14.7 Å². The van der Waals surface area contributed by atoms with E-state index in [0.29, 0.717) is 32.6 Å². The van der Waals surface area contributed by atoms with Crippen LogP contribution in [0.15, 0.2) is 78.9 Å². The van der Waals surface area contributed by atoms with E-state index in [0.717, 1.165) is 10.5 Å². The van der Waals surface area contributed by atoms with Crippen LogP contribution in [-0.4, -0.2) is 27.5 Å². The number of anilines is 1. The van der Waals surface area contributed by atoms with Gasteiger partial charge in [-0.1, -0.05) is 29.5 Å². The number of hydrogen-bond acceptors (Lipinski definition) is 5. The van der Waals surface area contributed by atoms with Gasteiger partial charge in [0.15, 0.2) is 0 Å². The molecule has 0 saturated carbocycles. The van der Waals surface area contributed by atoms with Crippen molar-refractivity contribution in [1.82, 2.24) is 19.1 Å². The van der Waals surface area contributed by atoms with Gasteiger partial charge in [-0.2, -0.15) is 0 Å². The molecule has 0 amide bonds. The molecule has 5 rings (SSSR count). The van der Waals surface area contributed by atoms with Gasteiger partial charge in [-0.3, -0.25) is 13.9 Å². The highest BCUT2D eigenvalue weighted by atomic mass is 32.2. The fraction of sp³-hybridized carbons (Fsp3) is 0.130. The maximum atomic E-state index is 13.3. The zero-order valence-electron chi connectivity index (χ0n) is 18.5. The lowest BCUT2D eigenvalue weighted by Gasteiger charge is -2.14. The van der Waals surface area contributed by atoms with Gasteiger partial charge < -0.3 is 9.97 Å². The smallest absolute Gasteiger partial charge is 0.306 e. The number of rotatable bonds is 5. The number of aromatic amines is 2. The van der Waals surface area contributed by atoms with Crippen LogP contribution < -0.4 is 16.1 Å². The number of H-pyrrole nitrogens is 2. The maximum absolute atomic E-state index is 13.3. The summed E-state index contributed by atoms with van der Waals surface area (Å²) in [4.78, 5) is 30.8. The molecule has 0 radical (unpaired) electrons. The van der Waals surface area contributed by atoms with E-state index in [1.165, 1.54) is 39.1 Å². The Bertz CT molecular complexity index is 1790. The molecule has 174 valence electrons. The molecule has 0 bridgehead atoms. The van der Waals surface area contributed by atoms with E-state index in [1.807, 2.05) is 37.3 Å². The van der Waals surface area contributed by atoms with Gasteiger partial charge in [-0.15, -0.1) is 0 Å². The number of aromatic nitrogens is 4. The van der Waals surface area contributed by atoms with Crippen LogP contribution in [0.4, 0.5) is 5.69 Å². The Kier molecular flexibility index (Phi) is 5.18. The normalized spacial score (nSPS) is 12.0. The number of nitrogens with zero attached hydrogens (tertiary/aromatic N) is 2. The highest BCUT2D eigenvalue weighted by molar-refractivity contribution is 7.99. The van der Waals surface area contributed by atoms with Crippen LogP contribution >= 0.6 is 11.8 Å². The summed E-state index contributed by atoms with van der Waals surface area (Å²) in [5, 5.41) is 0. The number of fused-ring (bicyclic) bond motifs is 2. The highest BCUT2D eigenvalue weighted by Gasteiger charge is 2.20. The fourth-order valence-corrected chi connectivity index (χ4v) is 5.88. The van der Waals surface area contributed by atoms with Crippen molar-refractivity contribution in [3.8, 4) is 0 Å². The molecule has 0 aliphatic heterocycles. The van der Waals surface area contributed by atoms with E-state index in [-0.39, 0.29) is 10.6 Å². The van der Waals surface area contributed by atoms with Crippen LogP contribution in [0.1, 0.15) is 5.56 Å². The lowest BCUT2D eigenvalue weighted by atomic mass is 10.2. The van der Waals surface area contributed by atoms with Crippen molar-refractivity contribution in [2.45, 2.75) is 21.6 Å². The largest absolute Gasteiger partial charge is 0.328 e. The fourth-order valence-electron chi connectivity index (χ4n) is 3.81. The van der Waals surface area contributed by atoms with E-state index >= 15 is 0 Å². The van der Waals surface area contributed by atoms with Crippen molar-refractivity contribution in [3.05, 3.63) is 81.1 Å². The third kappa shape index (κ3) is 3.82. The summed E-state index contributed by atoms with van der Waals surface area (Å²) in [5.74, 6) is 0. The Morgan fingerprint density at radius 1 is 0.853 bits per heavy atom. The summed E-state index contributed by atoms with van der Waals surface area (Å²) in [7, 11) is -0.668. The third-order valence-corrected chi connectivity index (χ3v) is 8.09. The zero-order valence-corrected chi connectivity index (χ0v) is 20.2. The lowest BCUT2D eigenvalue weighted by molar-refractivity contribution is 0.601. The first-order valence-electron chi connectivity index (χ1n) is 10.3. The first-order chi connectivity index (χ1) is 16.1. The lowest BCUT2D eigenvalue weighted by Crippen LogP contribution is -2.19. The second-order valence-electron chi connectivity index (χ2n) is 8.04. The van der Waals surface area contributed by atoms with Crippen LogP contribution in [0.2, 0.25) is 0 Å². The van der Waals surface area contributed by atoms with Crippen LogP contribution in [0, 0.1) is 6.92 Å². The van der Waals surface area contributed by atoms with Crippen molar-refractivity contribution in [2.24, 2.45) is 14.1 Å². The molecule has 0 aliphatic carbocycles. The second kappa shape index (κ2) is 7.96. The average Bonchev–Trinajstić information content (AvgIpc) is 3.27. The summed E-state index contributed by atoms with van der Waals surface area (Å²) in [6.07, 6.45) is 0. The minimum absolute atomic E-state index is 0.00332. The maximum Gasteiger partial charge on any atom is 0.328 e. The van der Waals surface area contributed by atoms with Gasteiger partial charge >= 0.3 is 11.4 Å². The molecule has 5 aromatic rings. The number of sulfonamides is 1. The van der Waals surface area contributed by atoms with Crippen molar-refractivity contribution >= 4 is 49.5 Å². The molecule has 3 aromatic carbocycles. The summed E-state index contributed by atoms with van der Waals surface area (Å²) >= 11 is 1.40. The Morgan fingerprint density at radius 2 is 1.50 bits per heavy atom. The predicted octanol–water partition coefficient (Wildman–Crippen LogP) is 3.31. The van der Waals surface area contributed by atoms with Gasteiger partial charge in [0.2, 0.25) is 0 Å². The number of aryl methyl sites for hydroxylation is 3. The summed E-state index contributed by atoms with van der Waals surface area (Å²) < 4.78 is 32.3. The summed E-state index contributed by atoms with van der Waals surface area (Å²) in [5.41, 5.74) is 3.04. The molecule has 2 heterocycles. The molecule has 0 atom stereocenters. The van der Waals surface area contributed by atoms with Crippen molar-refractivity contribution < 1.29 is 8.42 Å². The van der Waals surface area contributed by atoms with Crippen LogP contribution in [-0.2, 0) is 24.1 Å². The molecule has 9 nitrogen and oxygen atoms in total. The molecule has 0 unspecified atom stereocenters. The van der Waals surface area contributed by atoms with E-state index in [9.17, 15) is 18.0 Å². The topological polar surface area (TPSA) is 122 Å². The number of nitrogens with one attached hydrogen (secondary N) is 3. The van der Waals surface area contributed by atoms with Crippen molar-refractivity contribution in [1.29, 1.82) is 0 Å².